The van der Waals surface area contributed by atoms with Crippen LogP contribution < -0.4 is 0 Å². The quantitative estimate of drug-likeness (QED) is 0.786. The van der Waals surface area contributed by atoms with Crippen LogP contribution in [0.15, 0.2) is 54.6 Å². The maximum absolute atomic E-state index is 14.1. The molecule has 3 rings (SSSR count). The highest BCUT2D eigenvalue weighted by molar-refractivity contribution is 7.91. The van der Waals surface area contributed by atoms with Crippen LogP contribution >= 0.6 is 0 Å². The average Bonchev–Trinajstić information content (AvgIpc) is 2.81. The molecule has 0 saturated carbocycles. The summed E-state index contributed by atoms with van der Waals surface area (Å²) in [5, 5.41) is -0.929. The topological polar surface area (TPSA) is 63.7 Å². The number of halogens is 1. The molecule has 0 aliphatic carbocycles. The number of sulfone groups is 1. The molecule has 2 aromatic rings. The molecule has 144 valence electrons. The third kappa shape index (κ3) is 4.93. The zero-order valence-corrected chi connectivity index (χ0v) is 15.7. The fraction of sp³-hybridized carbons (Fsp3) is 0.350. The first-order valence-corrected chi connectivity index (χ1v) is 10.5. The Morgan fingerprint density at radius 1 is 1.07 bits per heavy atom. The van der Waals surface area contributed by atoms with Crippen LogP contribution in [0.5, 0.6) is 0 Å². The van der Waals surface area contributed by atoms with Gasteiger partial charge in [0.25, 0.3) is 0 Å². The van der Waals surface area contributed by atoms with Crippen LogP contribution in [0.4, 0.5) is 4.39 Å². The van der Waals surface area contributed by atoms with Crippen molar-refractivity contribution < 1.29 is 22.3 Å². The normalized spacial score (nSPS) is 19.4. The summed E-state index contributed by atoms with van der Waals surface area (Å²) < 4.78 is 44.7. The molecule has 5 nitrogen and oxygen atoms in total. The second-order valence-corrected chi connectivity index (χ2v) is 8.83. The molecule has 1 saturated heterocycles. The van der Waals surface area contributed by atoms with E-state index in [0.29, 0.717) is 6.61 Å². The van der Waals surface area contributed by atoms with Crippen LogP contribution in [0.2, 0.25) is 0 Å². The van der Waals surface area contributed by atoms with Crippen molar-refractivity contribution in [3.8, 4) is 0 Å². The zero-order chi connectivity index (χ0) is 19.3. The van der Waals surface area contributed by atoms with Gasteiger partial charge in [0.1, 0.15) is 12.4 Å². The molecular formula is C20H22FNO4S. The minimum atomic E-state index is -3.54. The summed E-state index contributed by atoms with van der Waals surface area (Å²) in [6, 6.07) is 15.4. The summed E-state index contributed by atoms with van der Waals surface area (Å²) in [6.07, 6.45) is 0.174. The van der Waals surface area contributed by atoms with E-state index in [9.17, 15) is 17.6 Å². The molecule has 0 radical (unpaired) electrons. The summed E-state index contributed by atoms with van der Waals surface area (Å²) in [6.45, 7) is 0.558. The van der Waals surface area contributed by atoms with Crippen molar-refractivity contribution in [1.82, 2.24) is 4.90 Å². The molecule has 2 aromatic carbocycles. The first kappa shape index (κ1) is 19.5. The zero-order valence-electron chi connectivity index (χ0n) is 14.9. The Bertz CT molecular complexity index is 886. The number of carbonyl (C=O) groups excluding carboxylic acids is 1. The van der Waals surface area contributed by atoms with Crippen LogP contribution in [0.3, 0.4) is 0 Å². The van der Waals surface area contributed by atoms with Gasteiger partial charge >= 0.3 is 0 Å². The Morgan fingerprint density at radius 2 is 1.78 bits per heavy atom. The number of nitrogens with zero attached hydrogens (tertiary/aromatic N) is 1. The predicted octanol–water partition coefficient (Wildman–Crippen LogP) is 2.73. The fourth-order valence-corrected chi connectivity index (χ4v) is 5.00. The van der Waals surface area contributed by atoms with Gasteiger partial charge in [0, 0.05) is 18.7 Å². The fourth-order valence-electron chi connectivity index (χ4n) is 3.20. The lowest BCUT2D eigenvalue weighted by atomic mass is 10.1. The molecule has 7 heteroatoms. The van der Waals surface area contributed by atoms with E-state index in [0.717, 1.165) is 5.56 Å². The van der Waals surface area contributed by atoms with Crippen LogP contribution in [0, 0.1) is 5.82 Å². The lowest BCUT2D eigenvalue weighted by Gasteiger charge is -2.20. The summed E-state index contributed by atoms with van der Waals surface area (Å²) >= 11 is 0. The highest BCUT2D eigenvalue weighted by Gasteiger charge is 2.34. The van der Waals surface area contributed by atoms with Crippen molar-refractivity contribution in [3.63, 3.8) is 0 Å². The molecule has 0 spiro atoms. The number of carbonyl (C=O) groups is 1. The number of amides is 1. The maximum atomic E-state index is 14.1. The minimum Gasteiger partial charge on any atom is -0.367 e. The van der Waals surface area contributed by atoms with Crippen molar-refractivity contribution in [2.75, 3.05) is 25.4 Å². The Kier molecular flexibility index (Phi) is 6.23. The number of ether oxygens (including phenoxy) is 1. The van der Waals surface area contributed by atoms with E-state index in [4.69, 9.17) is 4.74 Å². The van der Waals surface area contributed by atoms with Crippen molar-refractivity contribution >= 4 is 15.7 Å². The van der Waals surface area contributed by atoms with Crippen LogP contribution in [-0.4, -0.2) is 44.7 Å². The second kappa shape index (κ2) is 8.63. The molecule has 1 heterocycles. The largest absolute Gasteiger partial charge is 0.367 e. The summed E-state index contributed by atoms with van der Waals surface area (Å²) in [5.41, 5.74) is 1.13. The predicted molar refractivity (Wildman–Crippen MR) is 100 cm³/mol. The Hall–Kier alpha value is -2.25. The first-order chi connectivity index (χ1) is 13.0. The molecule has 1 unspecified atom stereocenters. The summed E-state index contributed by atoms with van der Waals surface area (Å²) in [5.74, 6) is -0.969. The molecule has 1 aliphatic heterocycles. The highest BCUT2D eigenvalue weighted by Crippen LogP contribution is 2.31. The number of benzene rings is 2. The van der Waals surface area contributed by atoms with Gasteiger partial charge in [-0.2, -0.15) is 0 Å². The van der Waals surface area contributed by atoms with E-state index >= 15 is 0 Å². The summed E-state index contributed by atoms with van der Waals surface area (Å²) in [7, 11) is -3.54. The van der Waals surface area contributed by atoms with Crippen molar-refractivity contribution in [3.05, 3.63) is 71.5 Å². The molecule has 0 N–H and O–H groups in total. The van der Waals surface area contributed by atoms with Gasteiger partial charge in [-0.05, 0) is 18.1 Å². The average molecular weight is 391 g/mol. The van der Waals surface area contributed by atoms with E-state index in [1.807, 2.05) is 30.3 Å². The molecule has 1 aliphatic rings. The summed E-state index contributed by atoms with van der Waals surface area (Å²) in [4.78, 5) is 13.9. The first-order valence-electron chi connectivity index (χ1n) is 8.83. The minimum absolute atomic E-state index is 0.0980. The third-order valence-corrected chi connectivity index (χ3v) is 6.79. The third-order valence-electron chi connectivity index (χ3n) is 4.68. The lowest BCUT2D eigenvalue weighted by molar-refractivity contribution is -0.136. The van der Waals surface area contributed by atoms with Gasteiger partial charge in [-0.3, -0.25) is 4.79 Å². The molecule has 0 aromatic heterocycles. The van der Waals surface area contributed by atoms with Gasteiger partial charge in [0.2, 0.25) is 5.91 Å². The molecule has 0 bridgehead atoms. The van der Waals surface area contributed by atoms with Gasteiger partial charge in [0.15, 0.2) is 9.84 Å². The standard InChI is InChI=1S/C20H22FNO4S/c21-18-9-5-4-8-17(18)19-10-11-22(12-13-27(19,24)25)20(23)15-26-14-16-6-2-1-3-7-16/h1-9,19H,10-15H2. The van der Waals surface area contributed by atoms with Crippen molar-refractivity contribution in [1.29, 1.82) is 0 Å². The SMILES string of the molecule is O=C(COCc1ccccc1)N1CCC(c2ccccc2F)S(=O)(=O)CC1. The number of hydrogen-bond donors (Lipinski definition) is 0. The van der Waals surface area contributed by atoms with Gasteiger partial charge in [-0.15, -0.1) is 0 Å². The van der Waals surface area contributed by atoms with Gasteiger partial charge in [-0.1, -0.05) is 48.5 Å². The Labute approximate surface area is 158 Å². The maximum Gasteiger partial charge on any atom is 0.248 e. The monoisotopic (exact) mass is 391 g/mol. The van der Waals surface area contributed by atoms with E-state index < -0.39 is 20.9 Å². The van der Waals surface area contributed by atoms with Crippen LogP contribution in [-0.2, 0) is 26.0 Å². The Balaban J connectivity index is 1.61. The smallest absolute Gasteiger partial charge is 0.248 e. The molecule has 1 fully saturated rings. The van der Waals surface area contributed by atoms with Gasteiger partial charge in [-0.25, -0.2) is 12.8 Å². The van der Waals surface area contributed by atoms with Crippen LogP contribution in [0.25, 0.3) is 0 Å². The number of hydrogen-bond acceptors (Lipinski definition) is 4. The van der Waals surface area contributed by atoms with E-state index in [-0.39, 0.29) is 43.3 Å². The van der Waals surface area contributed by atoms with Crippen molar-refractivity contribution in [2.45, 2.75) is 18.3 Å². The Morgan fingerprint density at radius 3 is 2.52 bits per heavy atom. The molecular weight excluding hydrogens is 369 g/mol. The van der Waals surface area contributed by atoms with Gasteiger partial charge in [0.05, 0.1) is 17.6 Å². The molecule has 1 atom stereocenters. The molecule has 27 heavy (non-hydrogen) atoms. The second-order valence-electron chi connectivity index (χ2n) is 6.52. The van der Waals surface area contributed by atoms with Gasteiger partial charge < -0.3 is 9.64 Å². The van der Waals surface area contributed by atoms with Crippen LogP contribution in [0.1, 0.15) is 22.8 Å². The van der Waals surface area contributed by atoms with E-state index in [2.05, 4.69) is 0 Å². The van der Waals surface area contributed by atoms with E-state index in [1.54, 1.807) is 6.07 Å². The highest BCUT2D eigenvalue weighted by atomic mass is 32.2. The number of rotatable bonds is 5. The van der Waals surface area contributed by atoms with Crippen molar-refractivity contribution in [2.24, 2.45) is 0 Å². The van der Waals surface area contributed by atoms with E-state index in [1.165, 1.54) is 23.1 Å². The molecule has 1 amide bonds. The lowest BCUT2D eigenvalue weighted by Crippen LogP contribution is -2.36.